The topological polar surface area (TPSA) is 104 Å². The van der Waals surface area contributed by atoms with Gasteiger partial charge in [0.1, 0.15) is 11.8 Å². The summed E-state index contributed by atoms with van der Waals surface area (Å²) in [6.07, 6.45) is 2.29. The summed E-state index contributed by atoms with van der Waals surface area (Å²) in [4.78, 5) is 42.3. The molecule has 4 rings (SSSR count). The second kappa shape index (κ2) is 10.6. The van der Waals surface area contributed by atoms with Crippen LogP contribution in [0.25, 0.3) is 0 Å². The second-order valence-corrected chi connectivity index (χ2v) is 8.45. The molecule has 9 heteroatoms. The van der Waals surface area contributed by atoms with Gasteiger partial charge in [0, 0.05) is 44.0 Å². The van der Waals surface area contributed by atoms with Gasteiger partial charge in [-0.3, -0.25) is 9.69 Å². The average Bonchev–Trinajstić information content (AvgIpc) is 3.25. The summed E-state index contributed by atoms with van der Waals surface area (Å²) in [5, 5.41) is 5.55. The van der Waals surface area contributed by atoms with Crippen molar-refractivity contribution in [3.63, 3.8) is 0 Å². The lowest BCUT2D eigenvalue weighted by Gasteiger charge is -2.30. The van der Waals surface area contributed by atoms with Crippen molar-refractivity contribution in [2.24, 2.45) is 0 Å². The van der Waals surface area contributed by atoms with Crippen LogP contribution in [0.5, 0.6) is 0 Å². The number of carbonyl (C=O) groups excluding carboxylic acids is 3. The molecule has 0 bridgehead atoms. The van der Waals surface area contributed by atoms with Crippen molar-refractivity contribution in [2.45, 2.75) is 26.3 Å². The van der Waals surface area contributed by atoms with Crippen LogP contribution in [0.15, 0.2) is 58.3 Å². The molecule has 2 N–H and O–H groups in total. The molecule has 3 heterocycles. The summed E-state index contributed by atoms with van der Waals surface area (Å²) in [5.74, 6) is -0.0244. The highest BCUT2D eigenvalue weighted by atomic mass is 16.5. The quantitative estimate of drug-likeness (QED) is 0.635. The summed E-state index contributed by atoms with van der Waals surface area (Å²) in [6.45, 7) is 6.83. The van der Waals surface area contributed by atoms with E-state index in [0.717, 1.165) is 18.5 Å². The smallest absolute Gasteiger partial charge is 0.338 e. The van der Waals surface area contributed by atoms with Crippen molar-refractivity contribution < 1.29 is 23.5 Å². The molecule has 2 aromatic rings. The van der Waals surface area contributed by atoms with Crippen LogP contribution in [0.2, 0.25) is 0 Å². The van der Waals surface area contributed by atoms with Crippen molar-refractivity contribution in [1.82, 2.24) is 20.4 Å². The van der Waals surface area contributed by atoms with E-state index in [0.29, 0.717) is 48.8 Å². The highest BCUT2D eigenvalue weighted by molar-refractivity contribution is 5.95. The first kappa shape index (κ1) is 23.6. The summed E-state index contributed by atoms with van der Waals surface area (Å²) in [5.41, 5.74) is 2.55. The zero-order valence-electron chi connectivity index (χ0n) is 19.5. The van der Waals surface area contributed by atoms with E-state index in [9.17, 15) is 14.4 Å². The van der Waals surface area contributed by atoms with Gasteiger partial charge in [-0.05, 0) is 44.5 Å². The Labute approximate surface area is 198 Å². The second-order valence-electron chi connectivity index (χ2n) is 8.45. The van der Waals surface area contributed by atoms with Crippen LogP contribution in [-0.4, -0.2) is 67.0 Å². The van der Waals surface area contributed by atoms with Gasteiger partial charge in [0.2, 0.25) is 0 Å². The Kier molecular flexibility index (Phi) is 7.32. The minimum atomic E-state index is -0.732. The number of furan rings is 1. The van der Waals surface area contributed by atoms with Crippen LogP contribution < -0.4 is 10.6 Å². The van der Waals surface area contributed by atoms with E-state index in [2.05, 4.69) is 15.5 Å². The Hall–Kier alpha value is -3.59. The zero-order chi connectivity index (χ0) is 24.1. The first-order valence-corrected chi connectivity index (χ1v) is 11.6. The van der Waals surface area contributed by atoms with E-state index < -0.39 is 18.0 Å². The molecule has 1 saturated heterocycles. The van der Waals surface area contributed by atoms with Gasteiger partial charge < -0.3 is 24.7 Å². The van der Waals surface area contributed by atoms with E-state index >= 15 is 0 Å². The van der Waals surface area contributed by atoms with Gasteiger partial charge in [0.05, 0.1) is 18.4 Å². The molecule has 0 radical (unpaired) electrons. The molecule has 0 aliphatic carbocycles. The van der Waals surface area contributed by atoms with Crippen molar-refractivity contribution >= 4 is 17.9 Å². The van der Waals surface area contributed by atoms with Gasteiger partial charge in [-0.25, -0.2) is 9.59 Å². The zero-order valence-corrected chi connectivity index (χ0v) is 19.5. The van der Waals surface area contributed by atoms with Crippen LogP contribution in [0.1, 0.15) is 41.1 Å². The summed E-state index contributed by atoms with van der Waals surface area (Å²) in [7, 11) is 0. The van der Waals surface area contributed by atoms with Gasteiger partial charge in [0.15, 0.2) is 0 Å². The molecule has 1 aromatic carbocycles. The number of benzene rings is 1. The van der Waals surface area contributed by atoms with Gasteiger partial charge >= 0.3 is 12.0 Å². The number of rotatable bonds is 6. The van der Waals surface area contributed by atoms with E-state index in [-0.39, 0.29) is 12.5 Å². The third-order valence-corrected chi connectivity index (χ3v) is 6.00. The first-order valence-electron chi connectivity index (χ1n) is 11.6. The SMILES string of the molecule is CCOC(=O)C1=C(CN2CCCN(C(=O)c3cccc(C)c3)CC2)NC(=O)N[C@@H]1c1ccco1. The van der Waals surface area contributed by atoms with Gasteiger partial charge in [-0.15, -0.1) is 0 Å². The number of nitrogens with one attached hydrogen (secondary N) is 2. The fourth-order valence-electron chi connectivity index (χ4n) is 4.38. The Morgan fingerprint density at radius 3 is 2.74 bits per heavy atom. The largest absolute Gasteiger partial charge is 0.467 e. The number of nitrogens with zero attached hydrogens (tertiary/aromatic N) is 2. The molecule has 1 atom stereocenters. The normalized spacial score (nSPS) is 19.3. The molecular formula is C25H30N4O5. The third-order valence-electron chi connectivity index (χ3n) is 6.00. The molecule has 3 amide bonds. The summed E-state index contributed by atoms with van der Waals surface area (Å²) in [6, 6.07) is 9.90. The maximum absolute atomic E-state index is 13.0. The average molecular weight is 467 g/mol. The van der Waals surface area contributed by atoms with Gasteiger partial charge in [0.25, 0.3) is 5.91 Å². The number of urea groups is 1. The maximum Gasteiger partial charge on any atom is 0.338 e. The van der Waals surface area contributed by atoms with Crippen LogP contribution in [0, 0.1) is 6.92 Å². The van der Waals surface area contributed by atoms with Crippen molar-refractivity contribution in [3.8, 4) is 0 Å². The number of aryl methyl sites for hydroxylation is 1. The minimum absolute atomic E-state index is 0.0185. The van der Waals surface area contributed by atoms with Crippen LogP contribution in [-0.2, 0) is 9.53 Å². The predicted molar refractivity (Wildman–Crippen MR) is 125 cm³/mol. The highest BCUT2D eigenvalue weighted by Gasteiger charge is 2.36. The summed E-state index contributed by atoms with van der Waals surface area (Å²) < 4.78 is 10.8. The molecule has 0 saturated carbocycles. The monoisotopic (exact) mass is 466 g/mol. The molecule has 2 aliphatic rings. The number of esters is 1. The number of ether oxygens (including phenoxy) is 1. The lowest BCUT2D eigenvalue weighted by molar-refractivity contribution is -0.139. The van der Waals surface area contributed by atoms with Crippen molar-refractivity contribution in [2.75, 3.05) is 39.3 Å². The van der Waals surface area contributed by atoms with Crippen LogP contribution in [0.4, 0.5) is 4.79 Å². The number of carbonyl (C=O) groups is 3. The Bertz CT molecular complexity index is 1080. The highest BCUT2D eigenvalue weighted by Crippen LogP contribution is 2.28. The van der Waals surface area contributed by atoms with Crippen LogP contribution >= 0.6 is 0 Å². The molecule has 2 aliphatic heterocycles. The maximum atomic E-state index is 13.0. The van der Waals surface area contributed by atoms with Crippen LogP contribution in [0.3, 0.4) is 0 Å². The minimum Gasteiger partial charge on any atom is -0.467 e. The van der Waals surface area contributed by atoms with E-state index in [1.165, 1.54) is 6.26 Å². The van der Waals surface area contributed by atoms with Crippen molar-refractivity contribution in [1.29, 1.82) is 0 Å². The fourth-order valence-corrected chi connectivity index (χ4v) is 4.38. The Morgan fingerprint density at radius 2 is 2.00 bits per heavy atom. The molecular weight excluding hydrogens is 436 g/mol. The Morgan fingerprint density at radius 1 is 1.15 bits per heavy atom. The molecule has 180 valence electrons. The molecule has 0 unspecified atom stereocenters. The third kappa shape index (κ3) is 5.31. The van der Waals surface area contributed by atoms with E-state index in [4.69, 9.17) is 9.15 Å². The van der Waals surface area contributed by atoms with E-state index in [1.807, 2.05) is 36.1 Å². The van der Waals surface area contributed by atoms with Gasteiger partial charge in [-0.1, -0.05) is 17.7 Å². The predicted octanol–water partition coefficient (Wildman–Crippen LogP) is 2.61. The fraction of sp³-hybridized carbons (Fsp3) is 0.400. The lowest BCUT2D eigenvalue weighted by Crippen LogP contribution is -2.48. The Balaban J connectivity index is 1.52. The molecule has 34 heavy (non-hydrogen) atoms. The van der Waals surface area contributed by atoms with E-state index in [1.54, 1.807) is 19.1 Å². The molecule has 1 aromatic heterocycles. The molecule has 9 nitrogen and oxygen atoms in total. The first-order chi connectivity index (χ1) is 16.5. The summed E-state index contributed by atoms with van der Waals surface area (Å²) >= 11 is 0. The number of hydrogen-bond donors (Lipinski definition) is 2. The molecule has 1 fully saturated rings. The lowest BCUT2D eigenvalue weighted by atomic mass is 10.00. The number of hydrogen-bond acceptors (Lipinski definition) is 6. The van der Waals surface area contributed by atoms with Crippen molar-refractivity contribution in [3.05, 3.63) is 70.8 Å². The molecule has 0 spiro atoms. The standard InChI is InChI=1S/C25H30N4O5/c1-3-33-24(31)21-19(26-25(32)27-22(21)20-9-5-14-34-20)16-28-10-6-11-29(13-12-28)23(30)18-8-4-7-17(2)15-18/h4-5,7-9,14-15,22H,3,6,10-13,16H2,1-2H3,(H2,26,27,32)/t22-/m1/s1. The van der Waals surface area contributed by atoms with Gasteiger partial charge in [-0.2, -0.15) is 0 Å². The number of amides is 3.